The summed E-state index contributed by atoms with van der Waals surface area (Å²) in [5.41, 5.74) is 0. The Bertz CT molecular complexity index is 641. The number of aromatic nitrogens is 2. The lowest BCUT2D eigenvalue weighted by molar-refractivity contribution is -0.123. The Kier molecular flexibility index (Phi) is 8.33. The molecule has 2 heterocycles. The smallest absolute Gasteiger partial charge is 0.229 e. The fraction of sp³-hybridized carbons (Fsp3) is 0.857. The standard InChI is InChI=1S/C21H35N5O2.ClH/c1-26-12-11-22-14-18(26)20-24-21(28-25-20)16-7-9-17(10-8-16)23-19(27)13-15-5-3-2-4-6-15;/h15-18,22H,2-14H2,1H3,(H,23,27);1H. The number of nitrogens with one attached hydrogen (secondary N) is 2. The molecule has 2 saturated carbocycles. The largest absolute Gasteiger partial charge is 0.353 e. The third-order valence-corrected chi connectivity index (χ3v) is 6.91. The summed E-state index contributed by atoms with van der Waals surface area (Å²) < 4.78 is 5.62. The van der Waals surface area contributed by atoms with Crippen LogP contribution in [0.5, 0.6) is 0 Å². The van der Waals surface area contributed by atoms with E-state index in [1.54, 1.807) is 0 Å². The van der Waals surface area contributed by atoms with Crippen molar-refractivity contribution in [2.45, 2.75) is 82.2 Å². The van der Waals surface area contributed by atoms with E-state index in [0.29, 0.717) is 17.9 Å². The molecule has 1 atom stereocenters. The van der Waals surface area contributed by atoms with Crippen molar-refractivity contribution in [3.63, 3.8) is 0 Å². The van der Waals surface area contributed by atoms with Crippen LogP contribution in [0.4, 0.5) is 0 Å². The number of likely N-dealkylation sites (N-methyl/N-ethyl adjacent to an activating group) is 1. The van der Waals surface area contributed by atoms with Crippen LogP contribution >= 0.6 is 12.4 Å². The van der Waals surface area contributed by atoms with Gasteiger partial charge in [-0.05, 0) is 51.5 Å². The first-order valence-electron chi connectivity index (χ1n) is 11.2. The number of hydrogen-bond acceptors (Lipinski definition) is 6. The van der Waals surface area contributed by atoms with Crippen molar-refractivity contribution in [2.24, 2.45) is 5.92 Å². The van der Waals surface area contributed by atoms with Gasteiger partial charge in [0.05, 0.1) is 6.04 Å². The van der Waals surface area contributed by atoms with E-state index in [-0.39, 0.29) is 24.4 Å². The highest BCUT2D eigenvalue weighted by Crippen LogP contribution is 2.33. The van der Waals surface area contributed by atoms with E-state index >= 15 is 0 Å². The molecule has 0 radical (unpaired) electrons. The van der Waals surface area contributed by atoms with E-state index in [9.17, 15) is 4.79 Å². The third kappa shape index (κ3) is 5.92. The van der Waals surface area contributed by atoms with Gasteiger partial charge >= 0.3 is 0 Å². The van der Waals surface area contributed by atoms with Crippen LogP contribution in [0.25, 0.3) is 0 Å². The van der Waals surface area contributed by atoms with Crippen LogP contribution in [0.1, 0.15) is 87.9 Å². The van der Waals surface area contributed by atoms with Crippen molar-refractivity contribution in [3.8, 4) is 0 Å². The van der Waals surface area contributed by atoms with E-state index in [1.165, 1.54) is 32.1 Å². The van der Waals surface area contributed by atoms with Crippen LogP contribution in [-0.4, -0.2) is 53.7 Å². The number of rotatable bonds is 5. The van der Waals surface area contributed by atoms with E-state index in [0.717, 1.165) is 63.5 Å². The van der Waals surface area contributed by atoms with Crippen molar-refractivity contribution < 1.29 is 9.32 Å². The molecule has 7 nitrogen and oxygen atoms in total. The molecule has 1 amide bonds. The molecular formula is C21H36ClN5O2. The summed E-state index contributed by atoms with van der Waals surface area (Å²) in [6.07, 6.45) is 11.1. The number of carbonyl (C=O) groups excluding carboxylic acids is 1. The summed E-state index contributed by atoms with van der Waals surface area (Å²) in [4.78, 5) is 19.4. The molecule has 1 aromatic rings. The SMILES string of the molecule is CN1CCNCC1c1noc(C2CCC(NC(=O)CC3CCCCC3)CC2)n1.Cl. The number of nitrogens with zero attached hydrogens (tertiary/aromatic N) is 3. The highest BCUT2D eigenvalue weighted by molar-refractivity contribution is 5.85. The van der Waals surface area contributed by atoms with E-state index in [1.807, 2.05) is 0 Å². The van der Waals surface area contributed by atoms with Crippen LogP contribution in [0.2, 0.25) is 0 Å². The van der Waals surface area contributed by atoms with Crippen LogP contribution in [0.3, 0.4) is 0 Å². The van der Waals surface area contributed by atoms with Gasteiger partial charge in [-0.25, -0.2) is 0 Å². The lowest BCUT2D eigenvalue weighted by Gasteiger charge is -2.30. The summed E-state index contributed by atoms with van der Waals surface area (Å²) in [5, 5.41) is 10.9. The molecule has 3 aliphatic rings. The molecule has 29 heavy (non-hydrogen) atoms. The lowest BCUT2D eigenvalue weighted by atomic mass is 9.85. The highest BCUT2D eigenvalue weighted by Gasteiger charge is 2.30. The topological polar surface area (TPSA) is 83.3 Å². The molecule has 164 valence electrons. The minimum Gasteiger partial charge on any atom is -0.353 e. The van der Waals surface area contributed by atoms with Gasteiger partial charge in [0, 0.05) is 38.0 Å². The summed E-state index contributed by atoms with van der Waals surface area (Å²) >= 11 is 0. The second kappa shape index (κ2) is 10.7. The van der Waals surface area contributed by atoms with Crippen molar-refractivity contribution in [1.82, 2.24) is 25.7 Å². The van der Waals surface area contributed by atoms with Gasteiger partial charge < -0.3 is 15.2 Å². The predicted molar refractivity (Wildman–Crippen MR) is 114 cm³/mol. The molecule has 0 spiro atoms. The zero-order valence-corrected chi connectivity index (χ0v) is 18.4. The van der Waals surface area contributed by atoms with Crippen molar-refractivity contribution in [3.05, 3.63) is 11.7 Å². The van der Waals surface area contributed by atoms with Gasteiger partial charge in [0.1, 0.15) is 0 Å². The third-order valence-electron chi connectivity index (χ3n) is 6.91. The maximum absolute atomic E-state index is 12.4. The normalized spacial score (nSPS) is 29.2. The maximum atomic E-state index is 12.4. The zero-order valence-electron chi connectivity index (χ0n) is 17.6. The van der Waals surface area contributed by atoms with Gasteiger partial charge in [-0.15, -0.1) is 12.4 Å². The lowest BCUT2D eigenvalue weighted by Crippen LogP contribution is -2.44. The van der Waals surface area contributed by atoms with E-state index in [4.69, 9.17) is 9.51 Å². The second-order valence-corrected chi connectivity index (χ2v) is 9.02. The molecule has 0 aromatic carbocycles. The van der Waals surface area contributed by atoms with Gasteiger partial charge in [0.25, 0.3) is 0 Å². The Morgan fingerprint density at radius 1 is 1.17 bits per heavy atom. The van der Waals surface area contributed by atoms with Crippen LogP contribution in [0, 0.1) is 5.92 Å². The van der Waals surface area contributed by atoms with Gasteiger partial charge in [-0.3, -0.25) is 9.69 Å². The van der Waals surface area contributed by atoms with Gasteiger partial charge in [0.15, 0.2) is 5.82 Å². The average molecular weight is 426 g/mol. The Morgan fingerprint density at radius 2 is 1.93 bits per heavy atom. The van der Waals surface area contributed by atoms with Crippen LogP contribution < -0.4 is 10.6 Å². The van der Waals surface area contributed by atoms with Crippen molar-refractivity contribution in [2.75, 3.05) is 26.7 Å². The molecule has 2 N–H and O–H groups in total. The first-order chi connectivity index (χ1) is 13.7. The fourth-order valence-corrected chi connectivity index (χ4v) is 5.07. The van der Waals surface area contributed by atoms with Gasteiger partial charge in [-0.2, -0.15) is 4.98 Å². The number of piperazine rings is 1. The quantitative estimate of drug-likeness (QED) is 0.753. The monoisotopic (exact) mass is 425 g/mol. The van der Waals surface area contributed by atoms with Crippen LogP contribution in [0.15, 0.2) is 4.52 Å². The molecule has 8 heteroatoms. The molecule has 1 saturated heterocycles. The van der Waals surface area contributed by atoms with E-state index in [2.05, 4.69) is 27.7 Å². The molecule has 2 aliphatic carbocycles. The van der Waals surface area contributed by atoms with Crippen molar-refractivity contribution >= 4 is 18.3 Å². The molecule has 1 aliphatic heterocycles. The van der Waals surface area contributed by atoms with Gasteiger partial charge in [-0.1, -0.05) is 24.4 Å². The zero-order chi connectivity index (χ0) is 19.3. The molecule has 1 aromatic heterocycles. The first kappa shape index (κ1) is 22.5. The fourth-order valence-electron chi connectivity index (χ4n) is 5.07. The molecule has 3 fully saturated rings. The number of carbonyl (C=O) groups is 1. The molecule has 0 bridgehead atoms. The molecular weight excluding hydrogens is 390 g/mol. The number of hydrogen-bond donors (Lipinski definition) is 2. The van der Waals surface area contributed by atoms with Gasteiger partial charge in [0.2, 0.25) is 11.8 Å². The Labute approximate surface area is 180 Å². The summed E-state index contributed by atoms with van der Waals surface area (Å²) in [6, 6.07) is 0.505. The Morgan fingerprint density at radius 3 is 2.66 bits per heavy atom. The maximum Gasteiger partial charge on any atom is 0.229 e. The van der Waals surface area contributed by atoms with Crippen LogP contribution in [-0.2, 0) is 4.79 Å². The number of halogens is 1. The van der Waals surface area contributed by atoms with E-state index < -0.39 is 0 Å². The second-order valence-electron chi connectivity index (χ2n) is 9.02. The minimum atomic E-state index is 0. The summed E-state index contributed by atoms with van der Waals surface area (Å²) in [6.45, 7) is 2.88. The summed E-state index contributed by atoms with van der Waals surface area (Å²) in [7, 11) is 2.11. The first-order valence-corrected chi connectivity index (χ1v) is 11.2. The Hall–Kier alpha value is -1.18. The summed E-state index contributed by atoms with van der Waals surface area (Å²) in [5.74, 6) is 2.76. The average Bonchev–Trinajstić information content (AvgIpc) is 3.19. The molecule has 1 unspecified atom stereocenters. The predicted octanol–water partition coefficient (Wildman–Crippen LogP) is 3.18. The molecule has 4 rings (SSSR count). The number of amides is 1. The van der Waals surface area contributed by atoms with Crippen molar-refractivity contribution in [1.29, 1.82) is 0 Å². The highest BCUT2D eigenvalue weighted by atomic mass is 35.5. The minimum absolute atomic E-state index is 0. The Balaban J connectivity index is 0.00000240.